The molecule has 66 valence electrons. The lowest BCUT2D eigenvalue weighted by atomic mass is 10.3. The highest BCUT2D eigenvalue weighted by atomic mass is 32.1. The van der Waals surface area contributed by atoms with Gasteiger partial charge in [0.05, 0.1) is 16.8 Å². The van der Waals surface area contributed by atoms with Crippen molar-refractivity contribution in [3.63, 3.8) is 0 Å². The molecule has 4 heteroatoms. The normalized spacial score (nSPS) is 10.2. The Labute approximate surface area is 79.4 Å². The molecule has 1 aromatic carbocycles. The van der Waals surface area contributed by atoms with Gasteiger partial charge in [-0.3, -0.25) is 4.79 Å². The van der Waals surface area contributed by atoms with E-state index < -0.39 is 0 Å². The second kappa shape index (κ2) is 3.53. The van der Waals surface area contributed by atoms with Crippen molar-refractivity contribution in [2.75, 3.05) is 0 Å². The molecule has 2 rings (SSSR count). The van der Waals surface area contributed by atoms with Crippen molar-refractivity contribution in [1.82, 2.24) is 10.3 Å². The van der Waals surface area contributed by atoms with E-state index in [-0.39, 0.29) is 0 Å². The number of aromatic nitrogens is 1. The lowest BCUT2D eigenvalue weighted by Crippen LogP contribution is -2.08. The van der Waals surface area contributed by atoms with Crippen LogP contribution in [-0.4, -0.2) is 11.4 Å². The minimum Gasteiger partial charge on any atom is -0.352 e. The molecular formula is C9H8N2OS. The molecule has 13 heavy (non-hydrogen) atoms. The minimum absolute atomic E-state index is 0.517. The van der Waals surface area contributed by atoms with Gasteiger partial charge in [0.2, 0.25) is 6.41 Å². The number of thiazole rings is 1. The second-order valence-electron chi connectivity index (χ2n) is 2.57. The van der Waals surface area contributed by atoms with Crippen LogP contribution in [0.1, 0.15) is 5.01 Å². The summed E-state index contributed by atoms with van der Waals surface area (Å²) in [6.07, 6.45) is 0.687. The van der Waals surface area contributed by atoms with Gasteiger partial charge in [-0.15, -0.1) is 11.3 Å². The molecule has 0 spiro atoms. The molecule has 0 aliphatic carbocycles. The van der Waals surface area contributed by atoms with Crippen LogP contribution in [-0.2, 0) is 11.3 Å². The summed E-state index contributed by atoms with van der Waals surface area (Å²) in [6, 6.07) is 7.93. The fraction of sp³-hybridized carbons (Fsp3) is 0.111. The Hall–Kier alpha value is -1.42. The van der Waals surface area contributed by atoms with Crippen LogP contribution in [0.2, 0.25) is 0 Å². The number of benzene rings is 1. The first-order chi connectivity index (χ1) is 6.40. The van der Waals surface area contributed by atoms with Gasteiger partial charge < -0.3 is 5.32 Å². The summed E-state index contributed by atoms with van der Waals surface area (Å²) in [5, 5.41) is 3.53. The maximum atomic E-state index is 10.1. The highest BCUT2D eigenvalue weighted by molar-refractivity contribution is 7.18. The number of para-hydroxylation sites is 1. The molecule has 0 fully saturated rings. The largest absolute Gasteiger partial charge is 0.352 e. The third kappa shape index (κ3) is 1.67. The van der Waals surface area contributed by atoms with Gasteiger partial charge >= 0.3 is 0 Å². The molecule has 3 nitrogen and oxygen atoms in total. The van der Waals surface area contributed by atoms with Crippen LogP contribution in [0.4, 0.5) is 0 Å². The van der Waals surface area contributed by atoms with Crippen LogP contribution in [0.5, 0.6) is 0 Å². The Morgan fingerprint density at radius 2 is 2.31 bits per heavy atom. The van der Waals surface area contributed by atoms with E-state index in [2.05, 4.69) is 10.3 Å². The molecular weight excluding hydrogens is 184 g/mol. The van der Waals surface area contributed by atoms with E-state index in [0.717, 1.165) is 15.2 Å². The SMILES string of the molecule is O=CNCc1nc2ccccc2s1. The van der Waals surface area contributed by atoms with Gasteiger partial charge in [0.15, 0.2) is 0 Å². The average molecular weight is 192 g/mol. The van der Waals surface area contributed by atoms with E-state index in [1.54, 1.807) is 11.3 Å². The zero-order chi connectivity index (χ0) is 9.10. The summed E-state index contributed by atoms with van der Waals surface area (Å²) in [4.78, 5) is 14.4. The van der Waals surface area contributed by atoms with Crippen molar-refractivity contribution in [3.8, 4) is 0 Å². The van der Waals surface area contributed by atoms with Crippen molar-refractivity contribution in [3.05, 3.63) is 29.3 Å². The molecule has 0 radical (unpaired) electrons. The summed E-state index contributed by atoms with van der Waals surface area (Å²) in [7, 11) is 0. The molecule has 1 heterocycles. The number of nitrogens with one attached hydrogen (secondary N) is 1. The van der Waals surface area contributed by atoms with Crippen molar-refractivity contribution in [2.45, 2.75) is 6.54 Å². The predicted molar refractivity (Wildman–Crippen MR) is 52.5 cm³/mol. The number of rotatable bonds is 3. The van der Waals surface area contributed by atoms with Crippen LogP contribution < -0.4 is 5.32 Å². The molecule has 0 saturated carbocycles. The second-order valence-corrected chi connectivity index (χ2v) is 3.69. The van der Waals surface area contributed by atoms with Gasteiger partial charge in [0.25, 0.3) is 0 Å². The monoisotopic (exact) mass is 192 g/mol. The predicted octanol–water partition coefficient (Wildman–Crippen LogP) is 1.54. The number of hydrogen-bond donors (Lipinski definition) is 1. The lowest BCUT2D eigenvalue weighted by Gasteiger charge is -1.89. The molecule has 0 aliphatic rings. The fourth-order valence-electron chi connectivity index (χ4n) is 1.12. The van der Waals surface area contributed by atoms with Gasteiger partial charge in [0, 0.05) is 0 Å². The summed E-state index contributed by atoms with van der Waals surface area (Å²) in [5.74, 6) is 0. The molecule has 1 aromatic heterocycles. The molecule has 1 N–H and O–H groups in total. The van der Waals surface area contributed by atoms with Crippen molar-refractivity contribution < 1.29 is 4.79 Å². The number of carbonyl (C=O) groups excluding carboxylic acids is 1. The van der Waals surface area contributed by atoms with Crippen LogP contribution in [0.25, 0.3) is 10.2 Å². The van der Waals surface area contributed by atoms with E-state index in [4.69, 9.17) is 0 Å². The number of amides is 1. The number of fused-ring (bicyclic) bond motifs is 1. The number of carbonyl (C=O) groups is 1. The molecule has 0 saturated heterocycles. The average Bonchev–Trinajstić information content (AvgIpc) is 2.57. The first-order valence-corrected chi connectivity index (χ1v) is 4.73. The van der Waals surface area contributed by atoms with Crippen molar-refractivity contribution in [2.24, 2.45) is 0 Å². The van der Waals surface area contributed by atoms with Gasteiger partial charge in [-0.1, -0.05) is 12.1 Å². The van der Waals surface area contributed by atoms with E-state index >= 15 is 0 Å². The van der Waals surface area contributed by atoms with E-state index in [1.807, 2.05) is 24.3 Å². The summed E-state index contributed by atoms with van der Waals surface area (Å²) in [5.41, 5.74) is 0.996. The Morgan fingerprint density at radius 1 is 1.46 bits per heavy atom. The molecule has 1 amide bonds. The molecule has 0 aliphatic heterocycles. The smallest absolute Gasteiger partial charge is 0.207 e. The van der Waals surface area contributed by atoms with Crippen LogP contribution >= 0.6 is 11.3 Å². The van der Waals surface area contributed by atoms with Gasteiger partial charge in [-0.25, -0.2) is 4.98 Å². The Morgan fingerprint density at radius 3 is 3.08 bits per heavy atom. The molecule has 0 bridgehead atoms. The van der Waals surface area contributed by atoms with Crippen LogP contribution in [0.15, 0.2) is 24.3 Å². The fourth-order valence-corrected chi connectivity index (χ4v) is 2.04. The van der Waals surface area contributed by atoms with E-state index in [9.17, 15) is 4.79 Å². The Balaban J connectivity index is 2.32. The molecule has 0 atom stereocenters. The first-order valence-electron chi connectivity index (χ1n) is 3.91. The van der Waals surface area contributed by atoms with Gasteiger partial charge in [0.1, 0.15) is 5.01 Å². The van der Waals surface area contributed by atoms with Gasteiger partial charge in [-0.05, 0) is 12.1 Å². The third-order valence-corrected chi connectivity index (χ3v) is 2.71. The highest BCUT2D eigenvalue weighted by Crippen LogP contribution is 2.20. The number of nitrogens with zero attached hydrogens (tertiary/aromatic N) is 1. The highest BCUT2D eigenvalue weighted by Gasteiger charge is 2.00. The molecule has 2 aromatic rings. The number of hydrogen-bond acceptors (Lipinski definition) is 3. The Kier molecular flexibility index (Phi) is 2.23. The maximum Gasteiger partial charge on any atom is 0.207 e. The summed E-state index contributed by atoms with van der Waals surface area (Å²) >= 11 is 1.60. The van der Waals surface area contributed by atoms with Gasteiger partial charge in [-0.2, -0.15) is 0 Å². The van der Waals surface area contributed by atoms with Crippen molar-refractivity contribution in [1.29, 1.82) is 0 Å². The first kappa shape index (κ1) is 8.19. The van der Waals surface area contributed by atoms with E-state index in [1.165, 1.54) is 0 Å². The van der Waals surface area contributed by atoms with Crippen LogP contribution in [0, 0.1) is 0 Å². The summed E-state index contributed by atoms with van der Waals surface area (Å²) in [6.45, 7) is 0.517. The van der Waals surface area contributed by atoms with Crippen molar-refractivity contribution >= 4 is 28.0 Å². The summed E-state index contributed by atoms with van der Waals surface area (Å²) < 4.78 is 1.16. The topological polar surface area (TPSA) is 42.0 Å². The standard InChI is InChI=1S/C9H8N2OS/c12-6-10-5-9-11-7-3-1-2-4-8(7)13-9/h1-4,6H,5H2,(H,10,12). The quantitative estimate of drug-likeness (QED) is 0.749. The van der Waals surface area contributed by atoms with Crippen LogP contribution in [0.3, 0.4) is 0 Å². The van der Waals surface area contributed by atoms with E-state index in [0.29, 0.717) is 13.0 Å². The molecule has 0 unspecified atom stereocenters. The zero-order valence-corrected chi connectivity index (χ0v) is 7.67. The third-order valence-electron chi connectivity index (χ3n) is 1.67. The maximum absolute atomic E-state index is 10.1. The Bertz CT molecular complexity index is 391. The lowest BCUT2D eigenvalue weighted by molar-refractivity contribution is -0.109. The zero-order valence-electron chi connectivity index (χ0n) is 6.86. The minimum atomic E-state index is 0.517.